The number of carbonyl (C=O) groups is 2. The third-order valence-corrected chi connectivity index (χ3v) is 6.06. The summed E-state index contributed by atoms with van der Waals surface area (Å²) in [5.74, 6) is -0.444. The predicted molar refractivity (Wildman–Crippen MR) is 121 cm³/mol. The fourth-order valence-corrected chi connectivity index (χ4v) is 4.20. The van der Waals surface area contributed by atoms with Crippen molar-refractivity contribution < 1.29 is 14.3 Å². The molecular weight excluding hydrogens is 406 g/mol. The Morgan fingerprint density at radius 1 is 1.06 bits per heavy atom. The highest BCUT2D eigenvalue weighted by Gasteiger charge is 2.36. The first-order valence-corrected chi connectivity index (χ1v) is 11.3. The van der Waals surface area contributed by atoms with E-state index in [1.165, 1.54) is 12.8 Å². The van der Waals surface area contributed by atoms with E-state index in [1.54, 1.807) is 18.3 Å². The summed E-state index contributed by atoms with van der Waals surface area (Å²) >= 11 is 0. The van der Waals surface area contributed by atoms with Crippen LogP contribution >= 0.6 is 0 Å². The number of aromatic nitrogens is 2. The Hall–Kier alpha value is -3.00. The van der Waals surface area contributed by atoms with Gasteiger partial charge in [-0.2, -0.15) is 0 Å². The van der Waals surface area contributed by atoms with Crippen molar-refractivity contribution in [2.75, 3.05) is 13.1 Å². The van der Waals surface area contributed by atoms with Gasteiger partial charge in [0.05, 0.1) is 29.9 Å². The van der Waals surface area contributed by atoms with Crippen molar-refractivity contribution in [1.29, 1.82) is 0 Å². The molecule has 1 aliphatic heterocycles. The second kappa shape index (κ2) is 9.65. The van der Waals surface area contributed by atoms with Crippen molar-refractivity contribution in [3.8, 4) is 11.3 Å². The monoisotopic (exact) mass is 437 g/mol. The van der Waals surface area contributed by atoms with Crippen LogP contribution in [0.25, 0.3) is 11.3 Å². The fraction of sp³-hybridized carbons (Fsp3) is 0.500. The zero-order valence-corrected chi connectivity index (χ0v) is 18.7. The summed E-state index contributed by atoms with van der Waals surface area (Å²) in [7, 11) is 0. The number of rotatable bonds is 7. The molecule has 0 radical (unpaired) electrons. The maximum absolute atomic E-state index is 12.2. The number of amides is 2. The molecular formula is C24H31N5O3. The van der Waals surface area contributed by atoms with Crippen LogP contribution in [-0.2, 0) is 11.3 Å². The van der Waals surface area contributed by atoms with E-state index in [2.05, 4.69) is 14.9 Å². The summed E-state index contributed by atoms with van der Waals surface area (Å²) in [5.41, 5.74) is 8.38. The van der Waals surface area contributed by atoms with Crippen molar-refractivity contribution in [3.05, 3.63) is 47.9 Å². The van der Waals surface area contributed by atoms with Gasteiger partial charge in [-0.25, -0.2) is 4.79 Å². The summed E-state index contributed by atoms with van der Waals surface area (Å²) in [4.78, 5) is 37.0. The largest absolute Gasteiger partial charge is 0.447 e. The zero-order valence-electron chi connectivity index (χ0n) is 18.7. The highest BCUT2D eigenvalue weighted by molar-refractivity contribution is 5.93. The zero-order chi connectivity index (χ0) is 22.7. The van der Waals surface area contributed by atoms with Crippen LogP contribution in [0.4, 0.5) is 4.79 Å². The lowest BCUT2D eigenvalue weighted by Gasteiger charge is -2.38. The Morgan fingerprint density at radius 3 is 2.25 bits per heavy atom. The van der Waals surface area contributed by atoms with E-state index in [4.69, 9.17) is 10.5 Å². The SMILES string of the molecule is CC(C)OC(=O)N1CCC(N(Cc2cnc(-c3ccc(C(N)=O)cc3)cn2)C2CC2)CC1. The van der Waals surface area contributed by atoms with Gasteiger partial charge < -0.3 is 15.4 Å². The van der Waals surface area contributed by atoms with Crippen LogP contribution in [0, 0.1) is 0 Å². The van der Waals surface area contributed by atoms with E-state index in [-0.39, 0.29) is 12.2 Å². The molecule has 0 spiro atoms. The van der Waals surface area contributed by atoms with Gasteiger partial charge in [-0.15, -0.1) is 0 Å². The molecule has 8 heteroatoms. The number of carbonyl (C=O) groups excluding carboxylic acids is 2. The standard InChI is InChI=1S/C24H31N5O3/c1-16(2)32-24(31)28-11-9-21(10-12-28)29(20-7-8-20)15-19-13-27-22(14-26-19)17-3-5-18(6-4-17)23(25)30/h3-6,13-14,16,20-21H,7-12,15H2,1-2H3,(H2,25,30). The molecule has 170 valence electrons. The minimum Gasteiger partial charge on any atom is -0.447 e. The van der Waals surface area contributed by atoms with Gasteiger partial charge in [-0.3, -0.25) is 19.7 Å². The summed E-state index contributed by atoms with van der Waals surface area (Å²) in [6.45, 7) is 5.97. The van der Waals surface area contributed by atoms with Gasteiger partial charge in [0, 0.05) is 42.8 Å². The smallest absolute Gasteiger partial charge is 0.410 e. The Kier molecular flexibility index (Phi) is 6.69. The fourth-order valence-electron chi connectivity index (χ4n) is 4.20. The molecule has 32 heavy (non-hydrogen) atoms. The number of hydrogen-bond acceptors (Lipinski definition) is 6. The molecule has 0 unspecified atom stereocenters. The van der Waals surface area contributed by atoms with Crippen molar-refractivity contribution in [3.63, 3.8) is 0 Å². The number of primary amides is 1. The Balaban J connectivity index is 1.37. The van der Waals surface area contributed by atoms with Gasteiger partial charge >= 0.3 is 6.09 Å². The summed E-state index contributed by atoms with van der Waals surface area (Å²) < 4.78 is 5.34. The van der Waals surface area contributed by atoms with E-state index in [1.807, 2.05) is 37.1 Å². The van der Waals surface area contributed by atoms with Crippen molar-refractivity contribution >= 4 is 12.0 Å². The Labute approximate surface area is 188 Å². The third-order valence-electron chi connectivity index (χ3n) is 6.06. The molecule has 2 aliphatic rings. The average molecular weight is 438 g/mol. The summed E-state index contributed by atoms with van der Waals surface area (Å²) in [6.07, 6.45) is 7.64. The molecule has 2 heterocycles. The number of benzene rings is 1. The van der Waals surface area contributed by atoms with Crippen LogP contribution < -0.4 is 5.73 Å². The highest BCUT2D eigenvalue weighted by atomic mass is 16.6. The summed E-state index contributed by atoms with van der Waals surface area (Å²) in [6, 6.07) is 8.10. The quantitative estimate of drug-likeness (QED) is 0.714. The Bertz CT molecular complexity index is 933. The molecule has 1 aromatic carbocycles. The van der Waals surface area contributed by atoms with Crippen LogP contribution in [-0.4, -0.2) is 63.0 Å². The molecule has 4 rings (SSSR count). The molecule has 0 bridgehead atoms. The van der Waals surface area contributed by atoms with Gasteiger partial charge in [0.2, 0.25) is 5.91 Å². The first kappa shape index (κ1) is 22.2. The predicted octanol–water partition coefficient (Wildman–Crippen LogP) is 3.22. The van der Waals surface area contributed by atoms with E-state index < -0.39 is 5.91 Å². The Morgan fingerprint density at radius 2 is 1.72 bits per heavy atom. The number of nitrogens with two attached hydrogens (primary N) is 1. The molecule has 1 aromatic heterocycles. The average Bonchev–Trinajstić information content (AvgIpc) is 3.63. The lowest BCUT2D eigenvalue weighted by molar-refractivity contribution is 0.0515. The highest BCUT2D eigenvalue weighted by Crippen LogP contribution is 2.33. The topological polar surface area (TPSA) is 102 Å². The van der Waals surface area contributed by atoms with E-state index in [9.17, 15) is 9.59 Å². The second-order valence-corrected chi connectivity index (χ2v) is 8.89. The first-order valence-electron chi connectivity index (χ1n) is 11.3. The maximum Gasteiger partial charge on any atom is 0.410 e. The van der Waals surface area contributed by atoms with Crippen molar-refractivity contribution in [2.24, 2.45) is 5.73 Å². The molecule has 2 aromatic rings. The molecule has 2 N–H and O–H groups in total. The van der Waals surface area contributed by atoms with Gasteiger partial charge in [0.1, 0.15) is 0 Å². The molecule has 2 fully saturated rings. The molecule has 0 atom stereocenters. The van der Waals surface area contributed by atoms with Gasteiger partial charge in [0.15, 0.2) is 0 Å². The molecule has 8 nitrogen and oxygen atoms in total. The van der Waals surface area contributed by atoms with Crippen LogP contribution in [0.1, 0.15) is 55.6 Å². The van der Waals surface area contributed by atoms with Crippen LogP contribution in [0.15, 0.2) is 36.7 Å². The van der Waals surface area contributed by atoms with Crippen LogP contribution in [0.3, 0.4) is 0 Å². The molecule has 2 amide bonds. The van der Waals surface area contributed by atoms with Crippen molar-refractivity contribution in [2.45, 2.75) is 64.3 Å². The number of nitrogens with zero attached hydrogens (tertiary/aromatic N) is 4. The van der Waals surface area contributed by atoms with E-state index >= 15 is 0 Å². The first-order chi connectivity index (χ1) is 15.4. The number of ether oxygens (including phenoxy) is 1. The van der Waals surface area contributed by atoms with Gasteiger partial charge in [0.25, 0.3) is 0 Å². The lowest BCUT2D eigenvalue weighted by Crippen LogP contribution is -2.47. The molecule has 1 saturated carbocycles. The lowest BCUT2D eigenvalue weighted by atomic mass is 10.0. The number of likely N-dealkylation sites (tertiary alicyclic amines) is 1. The van der Waals surface area contributed by atoms with Gasteiger partial charge in [-0.05, 0) is 51.7 Å². The van der Waals surface area contributed by atoms with E-state index in [0.29, 0.717) is 17.6 Å². The third kappa shape index (κ3) is 5.43. The normalized spacial score (nSPS) is 17.1. The molecule has 1 saturated heterocycles. The second-order valence-electron chi connectivity index (χ2n) is 8.89. The number of hydrogen-bond donors (Lipinski definition) is 1. The van der Waals surface area contributed by atoms with Crippen molar-refractivity contribution in [1.82, 2.24) is 19.8 Å². The van der Waals surface area contributed by atoms with Gasteiger partial charge in [-0.1, -0.05) is 12.1 Å². The summed E-state index contributed by atoms with van der Waals surface area (Å²) in [5, 5.41) is 0. The maximum atomic E-state index is 12.2. The molecule has 1 aliphatic carbocycles. The minimum absolute atomic E-state index is 0.0918. The van der Waals surface area contributed by atoms with E-state index in [0.717, 1.165) is 49.4 Å². The van der Waals surface area contributed by atoms with Crippen LogP contribution in [0.2, 0.25) is 0 Å². The minimum atomic E-state index is -0.444. The van der Waals surface area contributed by atoms with Crippen LogP contribution in [0.5, 0.6) is 0 Å². The number of piperidine rings is 1.